The van der Waals surface area contributed by atoms with Gasteiger partial charge in [0.05, 0.1) is 22.4 Å². The van der Waals surface area contributed by atoms with Crippen molar-refractivity contribution in [1.29, 1.82) is 0 Å². The summed E-state index contributed by atoms with van der Waals surface area (Å²) in [7, 11) is 0. The van der Waals surface area contributed by atoms with Gasteiger partial charge in [0.15, 0.2) is 0 Å². The van der Waals surface area contributed by atoms with Gasteiger partial charge >= 0.3 is 135 Å². The molecule has 0 spiro atoms. The Bertz CT molecular complexity index is 2830. The first-order valence-electron chi connectivity index (χ1n) is 19.1. The fourth-order valence-corrected chi connectivity index (χ4v) is 9.81. The topological polar surface area (TPSA) is 43.9 Å². The van der Waals surface area contributed by atoms with Gasteiger partial charge < -0.3 is 8.98 Å². The zero-order valence-corrected chi connectivity index (χ0v) is 35.9. The van der Waals surface area contributed by atoms with Crippen LogP contribution in [0.4, 0.5) is 0 Å². The van der Waals surface area contributed by atoms with Crippen LogP contribution in [0.15, 0.2) is 144 Å². The zero-order chi connectivity index (χ0) is 38.5. The van der Waals surface area contributed by atoms with Crippen LogP contribution in [0, 0.1) is 17.5 Å². The summed E-state index contributed by atoms with van der Waals surface area (Å²) in [6, 6.07) is 51.6. The number of para-hydroxylation sites is 3. The number of aromatic nitrogens is 3. The van der Waals surface area contributed by atoms with E-state index in [1.165, 1.54) is 10.8 Å². The number of benzene rings is 6. The first-order chi connectivity index (χ1) is 26.3. The monoisotopic (exact) mass is 946 g/mol. The quantitative estimate of drug-likeness (QED) is 0.128. The molecule has 0 saturated carbocycles. The molecule has 0 saturated heterocycles. The molecule has 1 radical (unpaired) electrons. The van der Waals surface area contributed by atoms with E-state index in [4.69, 9.17) is 12.1 Å². The molecule has 9 aromatic rings. The standard InChI is InChI=1S/C29H17N2O.C19H26GeN.Ir/c1-2-9-20-18-21(17-16-19(20)8-1)31-26-14-5-4-13-25(26)30-29(31)24-12-7-11-23-22-10-3-6-15-27(22)32-28(23)24;1-19(2,3)13-16-12-18(15-10-8-7-9-11-15)21-14-17(16)20(4,5)6;/h1-11,13-18H;7-10,12,14H,13H2,1-6H3;/q2*-1;/i;13D2;. The first kappa shape index (κ1) is 34.9. The van der Waals surface area contributed by atoms with Crippen LogP contribution in [-0.2, 0) is 26.5 Å². The zero-order valence-electron chi connectivity index (χ0n) is 33.4. The van der Waals surface area contributed by atoms with Gasteiger partial charge in [0, 0.05) is 31.2 Å². The van der Waals surface area contributed by atoms with E-state index in [1.54, 1.807) is 0 Å². The van der Waals surface area contributed by atoms with Gasteiger partial charge in [-0.1, -0.05) is 71.6 Å². The Balaban J connectivity index is 0.000000179. The molecule has 54 heavy (non-hydrogen) atoms. The second-order valence-corrected chi connectivity index (χ2v) is 26.1. The third-order valence-electron chi connectivity index (χ3n) is 9.32. The van der Waals surface area contributed by atoms with Crippen molar-refractivity contribution in [2.24, 2.45) is 5.41 Å². The van der Waals surface area contributed by atoms with Gasteiger partial charge in [-0.05, 0) is 41.1 Å². The maximum Gasteiger partial charge on any atom is 0.120 e. The molecule has 0 fully saturated rings. The molecule has 0 aliphatic carbocycles. The summed E-state index contributed by atoms with van der Waals surface area (Å²) in [5, 5.41) is 4.59. The van der Waals surface area contributed by atoms with Gasteiger partial charge in [-0.2, -0.15) is 0 Å². The average molecular weight is 945 g/mol. The second-order valence-electron chi connectivity index (χ2n) is 15.5. The number of rotatable bonds is 5. The summed E-state index contributed by atoms with van der Waals surface area (Å²) < 4.78 is 27.2. The molecule has 4 nitrogen and oxygen atoms in total. The summed E-state index contributed by atoms with van der Waals surface area (Å²) in [6.45, 7) is 5.88. The van der Waals surface area contributed by atoms with E-state index < -0.39 is 25.1 Å². The fraction of sp³-hybridized carbons (Fsp3) is 0.167. The Kier molecular flexibility index (Phi) is 9.79. The third kappa shape index (κ3) is 7.59. The second kappa shape index (κ2) is 15.1. The molecule has 0 unspecified atom stereocenters. The van der Waals surface area contributed by atoms with E-state index in [0.717, 1.165) is 71.3 Å². The predicted molar refractivity (Wildman–Crippen MR) is 225 cm³/mol. The van der Waals surface area contributed by atoms with Gasteiger partial charge in [0.1, 0.15) is 5.58 Å². The molecule has 0 aliphatic rings. The number of hydrogen-bond donors (Lipinski definition) is 0. The summed E-state index contributed by atoms with van der Waals surface area (Å²) in [5.41, 5.74) is 7.64. The van der Waals surface area contributed by atoms with Crippen molar-refractivity contribution in [3.8, 4) is 28.3 Å². The predicted octanol–water partition coefficient (Wildman–Crippen LogP) is 12.2. The Morgan fingerprint density at radius 1 is 0.759 bits per heavy atom. The van der Waals surface area contributed by atoms with E-state index in [0.29, 0.717) is 0 Å². The fourth-order valence-electron chi connectivity index (χ4n) is 6.89. The van der Waals surface area contributed by atoms with Crippen LogP contribution in [0.25, 0.3) is 72.1 Å². The molecule has 0 N–H and O–H groups in total. The molecule has 0 bridgehead atoms. The number of imidazole rings is 1. The summed E-state index contributed by atoms with van der Waals surface area (Å²) >= 11 is -2.24. The van der Waals surface area contributed by atoms with Crippen molar-refractivity contribution in [2.45, 2.75) is 44.4 Å². The van der Waals surface area contributed by atoms with Gasteiger partial charge in [0.2, 0.25) is 0 Å². The summed E-state index contributed by atoms with van der Waals surface area (Å²) in [6.07, 6.45) is 0.502. The van der Waals surface area contributed by atoms with Crippen molar-refractivity contribution in [1.82, 2.24) is 14.5 Å². The smallest absolute Gasteiger partial charge is 0.120 e. The maximum atomic E-state index is 8.76. The number of fused-ring (bicyclic) bond motifs is 5. The molecule has 9 rings (SSSR count). The minimum Gasteiger partial charge on any atom is -0.501 e. The van der Waals surface area contributed by atoms with E-state index >= 15 is 0 Å². The summed E-state index contributed by atoms with van der Waals surface area (Å²) in [4.78, 5) is 9.65. The molecule has 0 amide bonds. The number of hydrogen-bond acceptors (Lipinski definition) is 3. The van der Waals surface area contributed by atoms with Crippen LogP contribution >= 0.6 is 0 Å². The van der Waals surface area contributed by atoms with Crippen molar-refractivity contribution in [3.05, 3.63) is 157 Å². The summed E-state index contributed by atoms with van der Waals surface area (Å²) in [5.74, 6) is 7.68. The molecule has 6 aromatic carbocycles. The number of pyridine rings is 1. The normalized spacial score (nSPS) is 12.6. The van der Waals surface area contributed by atoms with Gasteiger partial charge in [-0.25, -0.2) is 0 Å². The molecule has 271 valence electrons. The first-order valence-corrected chi connectivity index (χ1v) is 25.4. The van der Waals surface area contributed by atoms with Crippen LogP contribution in [-0.4, -0.2) is 27.8 Å². The Hall–Kier alpha value is -4.81. The van der Waals surface area contributed by atoms with Gasteiger partial charge in [-0.15, -0.1) is 18.2 Å². The third-order valence-corrected chi connectivity index (χ3v) is 13.5. The van der Waals surface area contributed by atoms with Crippen molar-refractivity contribution < 1.29 is 27.3 Å². The van der Waals surface area contributed by atoms with Crippen LogP contribution in [0.3, 0.4) is 0 Å². The van der Waals surface area contributed by atoms with Gasteiger partial charge in [0.25, 0.3) is 0 Å². The van der Waals surface area contributed by atoms with Crippen molar-refractivity contribution in [2.75, 3.05) is 0 Å². The maximum absolute atomic E-state index is 8.76. The Morgan fingerprint density at radius 3 is 2.28 bits per heavy atom. The molecular weight excluding hydrogens is 899 g/mol. The molecule has 0 atom stereocenters. The Labute approximate surface area is 336 Å². The number of nitrogens with zero attached hydrogens (tertiary/aromatic N) is 3. The minimum absolute atomic E-state index is 0. The number of furan rings is 1. The van der Waals surface area contributed by atoms with Gasteiger partial charge in [-0.3, -0.25) is 4.98 Å². The van der Waals surface area contributed by atoms with Crippen LogP contribution < -0.4 is 4.40 Å². The molecule has 0 aliphatic heterocycles. The SMILES string of the molecule is [2H]C([2H])(c1cc(-c2[c-]cccc2)nc[c]1[Ge]([CH3])([CH3])[CH3])C(C)(C)C.[Ir].[c-]1ccc2c(oc3ccccc32)c1-c1nc2ccccc2n1-c1ccc2ccccc2c1. The Morgan fingerprint density at radius 2 is 1.50 bits per heavy atom. The molecule has 6 heteroatoms. The van der Waals surface area contributed by atoms with E-state index in [2.05, 4.69) is 112 Å². The van der Waals surface area contributed by atoms with E-state index in [9.17, 15) is 0 Å². The van der Waals surface area contributed by atoms with Crippen LogP contribution in [0.5, 0.6) is 0 Å². The largest absolute Gasteiger partial charge is 0.501 e. The van der Waals surface area contributed by atoms with Crippen LogP contribution in [0.2, 0.25) is 17.3 Å². The average Bonchev–Trinajstić information content (AvgIpc) is 3.76. The van der Waals surface area contributed by atoms with Crippen molar-refractivity contribution >= 4 is 61.4 Å². The van der Waals surface area contributed by atoms with E-state index in [1.807, 2.05) is 87.6 Å². The molecule has 3 heterocycles. The molecular formula is C48H43GeIrN3O-2. The van der Waals surface area contributed by atoms with Crippen molar-refractivity contribution in [3.63, 3.8) is 0 Å². The molecule has 3 aromatic heterocycles. The minimum atomic E-state index is -2.24. The van der Waals surface area contributed by atoms with Crippen LogP contribution in [0.1, 0.15) is 29.1 Å². The van der Waals surface area contributed by atoms with E-state index in [-0.39, 0.29) is 20.1 Å².